The van der Waals surface area contributed by atoms with E-state index in [4.69, 9.17) is 0 Å². The lowest BCUT2D eigenvalue weighted by Crippen LogP contribution is -2.25. The van der Waals surface area contributed by atoms with Crippen molar-refractivity contribution in [2.75, 3.05) is 19.0 Å². The van der Waals surface area contributed by atoms with Gasteiger partial charge in [-0.2, -0.15) is 0 Å². The first-order valence-corrected chi connectivity index (χ1v) is 6.86. The molecular weight excluding hydrogens is 264 g/mol. The molecule has 0 saturated carbocycles. The molecule has 21 heavy (non-hydrogen) atoms. The molecule has 0 aliphatic rings. The summed E-state index contributed by atoms with van der Waals surface area (Å²) in [6, 6.07) is 9.77. The van der Waals surface area contributed by atoms with E-state index < -0.39 is 0 Å². The normalized spacial score (nSPS) is 10.2. The SMILES string of the molecule is Cc1cccc(CC(=O)NCc2ccnc(N(C)C)n2)c1. The third-order valence-corrected chi connectivity index (χ3v) is 3.01. The largest absolute Gasteiger partial charge is 0.350 e. The predicted octanol–water partition coefficient (Wildman–Crippen LogP) is 1.71. The molecule has 0 fully saturated rings. The molecule has 5 heteroatoms. The summed E-state index contributed by atoms with van der Waals surface area (Å²) in [5, 5.41) is 2.89. The maximum atomic E-state index is 12.0. The molecule has 1 N–H and O–H groups in total. The third-order valence-electron chi connectivity index (χ3n) is 3.01. The number of rotatable bonds is 5. The fourth-order valence-corrected chi connectivity index (χ4v) is 1.96. The van der Waals surface area contributed by atoms with Gasteiger partial charge in [-0.05, 0) is 18.6 Å². The Morgan fingerprint density at radius 1 is 1.29 bits per heavy atom. The van der Waals surface area contributed by atoms with Crippen molar-refractivity contribution in [3.63, 3.8) is 0 Å². The molecule has 1 heterocycles. The van der Waals surface area contributed by atoms with Crippen molar-refractivity contribution >= 4 is 11.9 Å². The number of carbonyl (C=O) groups is 1. The van der Waals surface area contributed by atoms with Gasteiger partial charge in [0.15, 0.2) is 0 Å². The van der Waals surface area contributed by atoms with Crippen LogP contribution in [-0.4, -0.2) is 30.0 Å². The molecule has 2 rings (SSSR count). The molecule has 0 aliphatic heterocycles. The van der Waals surface area contributed by atoms with Gasteiger partial charge in [0, 0.05) is 20.3 Å². The molecule has 110 valence electrons. The first kappa shape index (κ1) is 15.0. The molecule has 1 amide bonds. The molecule has 0 aliphatic carbocycles. The van der Waals surface area contributed by atoms with E-state index in [1.165, 1.54) is 0 Å². The summed E-state index contributed by atoms with van der Waals surface area (Å²) in [7, 11) is 3.77. The highest BCUT2D eigenvalue weighted by Gasteiger charge is 2.05. The summed E-state index contributed by atoms with van der Waals surface area (Å²) in [5.41, 5.74) is 2.97. The molecule has 0 bridgehead atoms. The molecule has 0 radical (unpaired) electrons. The summed E-state index contributed by atoms with van der Waals surface area (Å²) in [6.07, 6.45) is 2.08. The van der Waals surface area contributed by atoms with E-state index >= 15 is 0 Å². The summed E-state index contributed by atoms with van der Waals surface area (Å²) in [4.78, 5) is 22.3. The zero-order valence-electron chi connectivity index (χ0n) is 12.6. The maximum absolute atomic E-state index is 12.0. The van der Waals surface area contributed by atoms with E-state index in [0.717, 1.165) is 16.8 Å². The Balaban J connectivity index is 1.90. The lowest BCUT2D eigenvalue weighted by atomic mass is 10.1. The van der Waals surface area contributed by atoms with Gasteiger partial charge in [0.2, 0.25) is 11.9 Å². The van der Waals surface area contributed by atoms with E-state index in [-0.39, 0.29) is 5.91 Å². The Labute approximate surface area is 125 Å². The quantitative estimate of drug-likeness (QED) is 0.908. The Morgan fingerprint density at radius 3 is 2.81 bits per heavy atom. The lowest BCUT2D eigenvalue weighted by molar-refractivity contribution is -0.120. The second-order valence-electron chi connectivity index (χ2n) is 5.18. The van der Waals surface area contributed by atoms with Crippen molar-refractivity contribution in [1.29, 1.82) is 0 Å². The number of hydrogen-bond donors (Lipinski definition) is 1. The molecule has 0 saturated heterocycles. The standard InChI is InChI=1S/C16H20N4O/c1-12-5-4-6-13(9-12)10-15(21)18-11-14-7-8-17-16(19-14)20(2)3/h4-9H,10-11H2,1-3H3,(H,18,21). The van der Waals surface area contributed by atoms with Gasteiger partial charge in [-0.15, -0.1) is 0 Å². The van der Waals surface area contributed by atoms with Crippen molar-refractivity contribution in [3.8, 4) is 0 Å². The van der Waals surface area contributed by atoms with Gasteiger partial charge in [-0.3, -0.25) is 4.79 Å². The first-order chi connectivity index (χ1) is 10.0. The van der Waals surface area contributed by atoms with Crippen molar-refractivity contribution < 1.29 is 4.79 Å². The van der Waals surface area contributed by atoms with E-state index in [1.54, 1.807) is 12.3 Å². The van der Waals surface area contributed by atoms with Crippen molar-refractivity contribution in [3.05, 3.63) is 53.3 Å². The third kappa shape index (κ3) is 4.56. The van der Waals surface area contributed by atoms with Gasteiger partial charge < -0.3 is 10.2 Å². The Morgan fingerprint density at radius 2 is 2.10 bits per heavy atom. The van der Waals surface area contributed by atoms with Gasteiger partial charge in [0.1, 0.15) is 0 Å². The Kier molecular flexibility index (Phi) is 4.87. The number of amides is 1. The maximum Gasteiger partial charge on any atom is 0.225 e. The zero-order valence-corrected chi connectivity index (χ0v) is 12.6. The second-order valence-corrected chi connectivity index (χ2v) is 5.18. The van der Waals surface area contributed by atoms with Gasteiger partial charge in [0.25, 0.3) is 0 Å². The van der Waals surface area contributed by atoms with Gasteiger partial charge in [0.05, 0.1) is 18.7 Å². The highest BCUT2D eigenvalue weighted by atomic mass is 16.1. The first-order valence-electron chi connectivity index (χ1n) is 6.86. The number of benzene rings is 1. The van der Waals surface area contributed by atoms with Gasteiger partial charge >= 0.3 is 0 Å². The number of nitrogens with zero attached hydrogens (tertiary/aromatic N) is 3. The molecule has 2 aromatic rings. The number of aromatic nitrogens is 2. The van der Waals surface area contributed by atoms with Crippen molar-refractivity contribution in [2.45, 2.75) is 19.9 Å². The molecule has 0 unspecified atom stereocenters. The number of nitrogens with one attached hydrogen (secondary N) is 1. The van der Waals surface area contributed by atoms with Crippen LogP contribution in [0.2, 0.25) is 0 Å². The van der Waals surface area contributed by atoms with E-state index in [2.05, 4.69) is 15.3 Å². The molecule has 1 aromatic heterocycles. The topological polar surface area (TPSA) is 58.1 Å². The fraction of sp³-hybridized carbons (Fsp3) is 0.312. The van der Waals surface area contributed by atoms with Crippen LogP contribution in [0.5, 0.6) is 0 Å². The Hall–Kier alpha value is -2.43. The number of anilines is 1. The van der Waals surface area contributed by atoms with Crippen LogP contribution in [0.4, 0.5) is 5.95 Å². The predicted molar refractivity (Wildman–Crippen MR) is 83.1 cm³/mol. The minimum atomic E-state index is -0.00869. The average molecular weight is 284 g/mol. The number of hydrogen-bond acceptors (Lipinski definition) is 4. The van der Waals surface area contributed by atoms with Crippen molar-refractivity contribution in [1.82, 2.24) is 15.3 Å². The van der Waals surface area contributed by atoms with Crippen LogP contribution in [-0.2, 0) is 17.8 Å². The number of carbonyl (C=O) groups excluding carboxylic acids is 1. The number of aryl methyl sites for hydroxylation is 1. The minimum absolute atomic E-state index is 0.00869. The van der Waals surface area contributed by atoms with Crippen LogP contribution >= 0.6 is 0 Å². The Bertz CT molecular complexity index is 625. The smallest absolute Gasteiger partial charge is 0.225 e. The highest BCUT2D eigenvalue weighted by molar-refractivity contribution is 5.78. The van der Waals surface area contributed by atoms with Crippen LogP contribution in [0, 0.1) is 6.92 Å². The van der Waals surface area contributed by atoms with Crippen molar-refractivity contribution in [2.24, 2.45) is 0 Å². The van der Waals surface area contributed by atoms with E-state index in [0.29, 0.717) is 18.9 Å². The van der Waals surface area contributed by atoms with Crippen LogP contribution in [0.1, 0.15) is 16.8 Å². The van der Waals surface area contributed by atoms with Crippen LogP contribution in [0.15, 0.2) is 36.5 Å². The summed E-state index contributed by atoms with van der Waals surface area (Å²) >= 11 is 0. The van der Waals surface area contributed by atoms with Crippen LogP contribution < -0.4 is 10.2 Å². The molecule has 0 spiro atoms. The summed E-state index contributed by atoms with van der Waals surface area (Å²) in [5.74, 6) is 0.631. The van der Waals surface area contributed by atoms with Gasteiger partial charge in [-0.1, -0.05) is 29.8 Å². The zero-order chi connectivity index (χ0) is 15.2. The molecular formula is C16H20N4O. The van der Waals surface area contributed by atoms with Gasteiger partial charge in [-0.25, -0.2) is 9.97 Å². The summed E-state index contributed by atoms with van der Waals surface area (Å²) in [6.45, 7) is 2.43. The highest BCUT2D eigenvalue weighted by Crippen LogP contribution is 2.06. The van der Waals surface area contributed by atoms with E-state index in [1.807, 2.05) is 50.2 Å². The van der Waals surface area contributed by atoms with Crippen LogP contribution in [0.3, 0.4) is 0 Å². The lowest BCUT2D eigenvalue weighted by Gasteiger charge is -2.11. The molecule has 1 aromatic carbocycles. The second kappa shape index (κ2) is 6.83. The fourth-order valence-electron chi connectivity index (χ4n) is 1.96. The molecule has 0 atom stereocenters. The monoisotopic (exact) mass is 284 g/mol. The minimum Gasteiger partial charge on any atom is -0.350 e. The van der Waals surface area contributed by atoms with Crippen LogP contribution in [0.25, 0.3) is 0 Å². The average Bonchev–Trinajstić information content (AvgIpc) is 2.45. The summed E-state index contributed by atoms with van der Waals surface area (Å²) < 4.78 is 0. The van der Waals surface area contributed by atoms with E-state index in [9.17, 15) is 4.79 Å². The molecule has 5 nitrogen and oxygen atoms in total.